The van der Waals surface area contributed by atoms with Gasteiger partial charge in [-0.05, 0) is 12.3 Å². The van der Waals surface area contributed by atoms with E-state index >= 15 is 0 Å². The zero-order valence-corrected chi connectivity index (χ0v) is 9.36. The maximum atomic E-state index is 11.9. The van der Waals surface area contributed by atoms with Crippen molar-refractivity contribution in [2.24, 2.45) is 5.92 Å². The average molecular weight is 210 g/mol. The third-order valence-electron chi connectivity index (χ3n) is 2.71. The van der Waals surface area contributed by atoms with Gasteiger partial charge < -0.3 is 5.32 Å². The van der Waals surface area contributed by atoms with Crippen molar-refractivity contribution >= 4 is 0 Å². The number of aryl methyl sites for hydroxylation is 1. The lowest BCUT2D eigenvalue weighted by Crippen LogP contribution is -2.34. The number of hydrogen-bond donors (Lipinski definition) is 1. The van der Waals surface area contributed by atoms with E-state index in [2.05, 4.69) is 24.3 Å². The van der Waals surface area contributed by atoms with Crippen molar-refractivity contribution in [3.8, 4) is 0 Å². The highest BCUT2D eigenvalue weighted by Gasteiger charge is 2.15. The molecule has 84 valence electrons. The van der Waals surface area contributed by atoms with Crippen LogP contribution in [-0.4, -0.2) is 20.9 Å². The Morgan fingerprint density at radius 1 is 1.53 bits per heavy atom. The Balaban J connectivity index is 2.18. The van der Waals surface area contributed by atoms with Gasteiger partial charge in [-0.2, -0.15) is 5.10 Å². The summed E-state index contributed by atoms with van der Waals surface area (Å²) in [5.41, 5.74) is 0.0483. The van der Waals surface area contributed by atoms with E-state index in [4.69, 9.17) is 0 Å². The second kappa shape index (κ2) is 4.18. The minimum absolute atomic E-state index is 0.0483. The summed E-state index contributed by atoms with van der Waals surface area (Å²) in [4.78, 5) is 11.9. The van der Waals surface area contributed by atoms with Crippen molar-refractivity contribution in [3.05, 3.63) is 16.3 Å². The van der Waals surface area contributed by atoms with Crippen LogP contribution < -0.4 is 11.0 Å². The summed E-state index contributed by atoms with van der Waals surface area (Å²) in [5.74, 6) is 1.48. The molecule has 0 unspecified atom stereocenters. The lowest BCUT2D eigenvalue weighted by molar-refractivity contribution is 0.472. The highest BCUT2D eigenvalue weighted by molar-refractivity contribution is 4.90. The van der Waals surface area contributed by atoms with Crippen molar-refractivity contribution in [3.63, 3.8) is 0 Å². The van der Waals surface area contributed by atoms with E-state index in [9.17, 15) is 4.79 Å². The zero-order valence-electron chi connectivity index (χ0n) is 9.36. The van der Waals surface area contributed by atoms with Crippen LogP contribution in [-0.2, 0) is 19.6 Å². The van der Waals surface area contributed by atoms with E-state index in [0.717, 1.165) is 31.9 Å². The molecular weight excluding hydrogens is 192 g/mol. The predicted molar refractivity (Wildman–Crippen MR) is 57.6 cm³/mol. The van der Waals surface area contributed by atoms with E-state index in [0.29, 0.717) is 12.5 Å². The topological polar surface area (TPSA) is 51.9 Å². The molecule has 1 aliphatic heterocycles. The maximum Gasteiger partial charge on any atom is 0.345 e. The lowest BCUT2D eigenvalue weighted by atomic mass is 10.1. The normalized spacial score (nSPS) is 15.7. The SMILES string of the molecule is CC(C)CCn1nc2n(c1=O)CCNC2. The van der Waals surface area contributed by atoms with Crippen LogP contribution >= 0.6 is 0 Å². The molecule has 0 aliphatic carbocycles. The summed E-state index contributed by atoms with van der Waals surface area (Å²) in [5, 5.41) is 7.54. The van der Waals surface area contributed by atoms with Crippen molar-refractivity contribution < 1.29 is 0 Å². The molecule has 1 aliphatic rings. The summed E-state index contributed by atoms with van der Waals surface area (Å²) in [7, 11) is 0. The van der Waals surface area contributed by atoms with E-state index in [1.165, 1.54) is 0 Å². The zero-order chi connectivity index (χ0) is 10.8. The van der Waals surface area contributed by atoms with E-state index in [1.54, 1.807) is 9.25 Å². The standard InChI is InChI=1S/C10H18N4O/c1-8(2)3-5-14-10(15)13-6-4-11-7-9(13)12-14/h8,11H,3-7H2,1-2H3. The average Bonchev–Trinajstić information content (AvgIpc) is 2.54. The van der Waals surface area contributed by atoms with Gasteiger partial charge in [0.1, 0.15) is 5.82 Å². The molecule has 0 aromatic carbocycles. The molecule has 1 aromatic heterocycles. The second-order valence-corrected chi connectivity index (χ2v) is 4.43. The van der Waals surface area contributed by atoms with Crippen LogP contribution in [0.5, 0.6) is 0 Å². The van der Waals surface area contributed by atoms with Gasteiger partial charge in [-0.25, -0.2) is 9.48 Å². The Morgan fingerprint density at radius 3 is 3.00 bits per heavy atom. The minimum Gasteiger partial charge on any atom is -0.308 e. The Morgan fingerprint density at radius 2 is 2.33 bits per heavy atom. The number of hydrogen-bond acceptors (Lipinski definition) is 3. The van der Waals surface area contributed by atoms with E-state index < -0.39 is 0 Å². The summed E-state index contributed by atoms with van der Waals surface area (Å²) < 4.78 is 3.37. The van der Waals surface area contributed by atoms with Crippen LogP contribution in [0, 0.1) is 5.92 Å². The monoisotopic (exact) mass is 210 g/mol. The molecule has 5 heteroatoms. The van der Waals surface area contributed by atoms with Crippen molar-refractivity contribution in [1.29, 1.82) is 0 Å². The molecule has 0 saturated carbocycles. The summed E-state index contributed by atoms with van der Waals surface area (Å²) >= 11 is 0. The molecule has 0 spiro atoms. The van der Waals surface area contributed by atoms with Crippen molar-refractivity contribution in [2.75, 3.05) is 6.54 Å². The van der Waals surface area contributed by atoms with Gasteiger partial charge in [0.25, 0.3) is 0 Å². The Kier molecular flexibility index (Phi) is 2.90. The van der Waals surface area contributed by atoms with Gasteiger partial charge in [0.05, 0.1) is 6.54 Å². The fourth-order valence-corrected chi connectivity index (χ4v) is 1.76. The second-order valence-electron chi connectivity index (χ2n) is 4.43. The number of nitrogens with zero attached hydrogens (tertiary/aromatic N) is 3. The molecule has 0 atom stereocenters. The van der Waals surface area contributed by atoms with Gasteiger partial charge in [-0.15, -0.1) is 0 Å². The third kappa shape index (κ3) is 2.12. The first-order chi connectivity index (χ1) is 7.18. The molecule has 0 fully saturated rings. The van der Waals surface area contributed by atoms with Crippen molar-refractivity contribution in [1.82, 2.24) is 19.7 Å². The number of nitrogens with one attached hydrogen (secondary N) is 1. The first-order valence-corrected chi connectivity index (χ1v) is 5.55. The Labute approximate surface area is 89.1 Å². The maximum absolute atomic E-state index is 11.9. The molecule has 0 radical (unpaired) electrons. The highest BCUT2D eigenvalue weighted by Crippen LogP contribution is 2.02. The van der Waals surface area contributed by atoms with Gasteiger partial charge >= 0.3 is 5.69 Å². The largest absolute Gasteiger partial charge is 0.345 e. The number of rotatable bonds is 3. The van der Waals surface area contributed by atoms with Crippen molar-refractivity contribution in [2.45, 2.75) is 39.9 Å². The van der Waals surface area contributed by atoms with Crippen LogP contribution in [0.15, 0.2) is 4.79 Å². The Hall–Kier alpha value is -1.10. The predicted octanol–water partition coefficient (Wildman–Crippen LogP) is 0.194. The lowest BCUT2D eigenvalue weighted by Gasteiger charge is -2.11. The van der Waals surface area contributed by atoms with Crippen LogP contribution in [0.2, 0.25) is 0 Å². The van der Waals surface area contributed by atoms with E-state index in [-0.39, 0.29) is 5.69 Å². The minimum atomic E-state index is 0.0483. The fraction of sp³-hybridized carbons (Fsp3) is 0.800. The molecule has 2 rings (SSSR count). The smallest absolute Gasteiger partial charge is 0.308 e. The fourth-order valence-electron chi connectivity index (χ4n) is 1.76. The quantitative estimate of drug-likeness (QED) is 0.775. The van der Waals surface area contributed by atoms with Crippen LogP contribution in [0.3, 0.4) is 0 Å². The summed E-state index contributed by atoms with van der Waals surface area (Å²) in [6.07, 6.45) is 1.00. The third-order valence-corrected chi connectivity index (χ3v) is 2.71. The molecule has 0 amide bonds. The van der Waals surface area contributed by atoms with Gasteiger partial charge in [0.2, 0.25) is 0 Å². The molecular formula is C10H18N4O. The molecule has 0 bridgehead atoms. The molecule has 15 heavy (non-hydrogen) atoms. The van der Waals surface area contributed by atoms with Gasteiger partial charge in [0.15, 0.2) is 0 Å². The van der Waals surface area contributed by atoms with Gasteiger partial charge in [-0.3, -0.25) is 4.57 Å². The first kappa shape index (κ1) is 10.4. The van der Waals surface area contributed by atoms with E-state index in [1.807, 2.05) is 0 Å². The summed E-state index contributed by atoms with van der Waals surface area (Å²) in [6, 6.07) is 0. The highest BCUT2D eigenvalue weighted by atomic mass is 16.2. The molecule has 1 N–H and O–H groups in total. The first-order valence-electron chi connectivity index (χ1n) is 5.55. The van der Waals surface area contributed by atoms with Crippen LogP contribution in [0.4, 0.5) is 0 Å². The molecule has 2 heterocycles. The molecule has 5 nitrogen and oxygen atoms in total. The number of fused-ring (bicyclic) bond motifs is 1. The number of aromatic nitrogens is 3. The molecule has 0 saturated heterocycles. The van der Waals surface area contributed by atoms with Crippen LogP contribution in [0.1, 0.15) is 26.1 Å². The molecule has 1 aromatic rings. The van der Waals surface area contributed by atoms with Gasteiger partial charge in [-0.1, -0.05) is 13.8 Å². The summed E-state index contributed by atoms with van der Waals surface area (Å²) in [6.45, 7) is 7.37. The van der Waals surface area contributed by atoms with Crippen LogP contribution in [0.25, 0.3) is 0 Å². The Bertz CT molecular complexity index is 391. The van der Waals surface area contributed by atoms with Gasteiger partial charge in [0, 0.05) is 19.6 Å².